The highest BCUT2D eigenvalue weighted by Gasteiger charge is 2.00. The van der Waals surface area contributed by atoms with Gasteiger partial charge in [-0.25, -0.2) is 0 Å². The van der Waals surface area contributed by atoms with Crippen LogP contribution in [0, 0.1) is 0 Å². The van der Waals surface area contributed by atoms with Crippen molar-refractivity contribution < 1.29 is 4.79 Å². The molecule has 0 aliphatic carbocycles. The first kappa shape index (κ1) is 10.2. The van der Waals surface area contributed by atoms with E-state index < -0.39 is 0 Å². The monoisotopic (exact) mass is 173 g/mol. The first-order valence-electron chi connectivity index (χ1n) is 3.36. The van der Waals surface area contributed by atoms with Gasteiger partial charge in [0.2, 0.25) is 0 Å². The summed E-state index contributed by atoms with van der Waals surface area (Å²) in [6.45, 7) is 2.99. The Labute approximate surface area is 73.0 Å². The van der Waals surface area contributed by atoms with E-state index in [4.69, 9.17) is 0 Å². The van der Waals surface area contributed by atoms with E-state index in [1.54, 1.807) is 6.92 Å². The number of Topliss-reactive ketones (excluding diaryl/α,β-unsaturated/α-hetero) is 1. The lowest BCUT2D eigenvalue weighted by Crippen LogP contribution is -2.24. The van der Waals surface area contributed by atoms with E-state index in [0.29, 0.717) is 6.54 Å². The highest BCUT2D eigenvalue weighted by Crippen LogP contribution is 1.96. The standard InChI is InChI=1S/C8H11NO.ClH/c1-8(10)7-9-5-3-2-4-6-9;/h2-5H,6-7H2,1H3;1H. The first-order valence-corrected chi connectivity index (χ1v) is 3.36. The average molecular weight is 174 g/mol. The van der Waals surface area contributed by atoms with E-state index in [-0.39, 0.29) is 18.2 Å². The fourth-order valence-corrected chi connectivity index (χ4v) is 0.910. The molecule has 1 aliphatic heterocycles. The molecular weight excluding hydrogens is 162 g/mol. The van der Waals surface area contributed by atoms with Gasteiger partial charge in [0.15, 0.2) is 0 Å². The normalized spacial score (nSPS) is 14.5. The highest BCUT2D eigenvalue weighted by atomic mass is 35.5. The predicted octanol–water partition coefficient (Wildman–Crippen LogP) is 1.38. The molecule has 1 aliphatic rings. The third-order valence-electron chi connectivity index (χ3n) is 1.31. The number of carbonyl (C=O) groups is 1. The van der Waals surface area contributed by atoms with Crippen LogP contribution < -0.4 is 0 Å². The van der Waals surface area contributed by atoms with Crippen LogP contribution in [0.25, 0.3) is 0 Å². The zero-order valence-electron chi connectivity index (χ0n) is 6.49. The van der Waals surface area contributed by atoms with Gasteiger partial charge >= 0.3 is 0 Å². The van der Waals surface area contributed by atoms with E-state index in [9.17, 15) is 4.79 Å². The molecule has 0 atom stereocenters. The molecule has 0 aromatic carbocycles. The topological polar surface area (TPSA) is 20.3 Å². The Balaban J connectivity index is 0.000001000. The Kier molecular flexibility index (Phi) is 4.62. The highest BCUT2D eigenvalue weighted by molar-refractivity contribution is 5.85. The molecule has 11 heavy (non-hydrogen) atoms. The van der Waals surface area contributed by atoms with Crippen LogP contribution in [0.2, 0.25) is 0 Å². The Morgan fingerprint density at radius 3 is 2.73 bits per heavy atom. The van der Waals surface area contributed by atoms with Gasteiger partial charge < -0.3 is 4.90 Å². The number of hydrogen-bond acceptors (Lipinski definition) is 2. The van der Waals surface area contributed by atoms with Crippen molar-refractivity contribution >= 4 is 18.2 Å². The molecule has 0 radical (unpaired) electrons. The van der Waals surface area contributed by atoms with Gasteiger partial charge in [0.05, 0.1) is 6.54 Å². The molecule has 0 fully saturated rings. The van der Waals surface area contributed by atoms with Gasteiger partial charge in [-0.3, -0.25) is 4.79 Å². The minimum absolute atomic E-state index is 0. The van der Waals surface area contributed by atoms with Crippen LogP contribution in [0.5, 0.6) is 0 Å². The van der Waals surface area contributed by atoms with Crippen LogP contribution in [0.1, 0.15) is 6.92 Å². The SMILES string of the molecule is CC(=O)CN1C=CC=CC1.Cl. The third-order valence-corrected chi connectivity index (χ3v) is 1.31. The van der Waals surface area contributed by atoms with E-state index >= 15 is 0 Å². The second-order valence-electron chi connectivity index (χ2n) is 2.40. The largest absolute Gasteiger partial charge is 0.366 e. The molecule has 0 saturated carbocycles. The summed E-state index contributed by atoms with van der Waals surface area (Å²) in [7, 11) is 0. The molecule has 0 aromatic rings. The van der Waals surface area contributed by atoms with E-state index in [0.717, 1.165) is 6.54 Å². The summed E-state index contributed by atoms with van der Waals surface area (Å²) in [5.74, 6) is 0.208. The fraction of sp³-hybridized carbons (Fsp3) is 0.375. The molecule has 3 heteroatoms. The number of halogens is 1. The first-order chi connectivity index (χ1) is 4.79. The zero-order valence-corrected chi connectivity index (χ0v) is 7.30. The Bertz CT molecular complexity index is 187. The second kappa shape index (κ2) is 4.97. The Hall–Kier alpha value is -0.760. The van der Waals surface area contributed by atoms with Crippen molar-refractivity contribution in [2.24, 2.45) is 0 Å². The Morgan fingerprint density at radius 2 is 2.27 bits per heavy atom. The lowest BCUT2D eigenvalue weighted by atomic mass is 10.3. The van der Waals surface area contributed by atoms with Gasteiger partial charge in [-0.05, 0) is 19.2 Å². The van der Waals surface area contributed by atoms with Crippen molar-refractivity contribution in [2.45, 2.75) is 6.92 Å². The van der Waals surface area contributed by atoms with Crippen molar-refractivity contribution in [2.75, 3.05) is 13.1 Å². The van der Waals surface area contributed by atoms with Crippen LogP contribution in [-0.2, 0) is 4.79 Å². The number of allylic oxidation sites excluding steroid dienone is 2. The van der Waals surface area contributed by atoms with E-state index in [1.165, 1.54) is 0 Å². The maximum atomic E-state index is 10.6. The molecule has 0 amide bonds. The quantitative estimate of drug-likeness (QED) is 0.629. The third kappa shape index (κ3) is 3.83. The van der Waals surface area contributed by atoms with Crippen molar-refractivity contribution in [3.63, 3.8) is 0 Å². The lowest BCUT2D eigenvalue weighted by molar-refractivity contribution is -0.117. The summed E-state index contributed by atoms with van der Waals surface area (Å²) in [5.41, 5.74) is 0. The molecule has 0 bridgehead atoms. The van der Waals surface area contributed by atoms with Gasteiger partial charge in [0, 0.05) is 6.54 Å². The number of nitrogens with zero attached hydrogens (tertiary/aromatic N) is 1. The van der Waals surface area contributed by atoms with Crippen LogP contribution >= 0.6 is 12.4 Å². The molecular formula is C8H12ClNO. The van der Waals surface area contributed by atoms with E-state index in [2.05, 4.69) is 0 Å². The molecule has 0 spiro atoms. The summed E-state index contributed by atoms with van der Waals surface area (Å²) in [6.07, 6.45) is 7.88. The molecule has 0 aromatic heterocycles. The minimum Gasteiger partial charge on any atom is -0.366 e. The molecule has 2 nitrogen and oxygen atoms in total. The Morgan fingerprint density at radius 1 is 1.55 bits per heavy atom. The maximum Gasteiger partial charge on any atom is 0.149 e. The smallest absolute Gasteiger partial charge is 0.149 e. The molecule has 0 unspecified atom stereocenters. The number of rotatable bonds is 2. The maximum absolute atomic E-state index is 10.6. The molecule has 0 saturated heterocycles. The van der Waals surface area contributed by atoms with Crippen LogP contribution in [0.4, 0.5) is 0 Å². The van der Waals surface area contributed by atoms with Crippen molar-refractivity contribution in [1.29, 1.82) is 0 Å². The van der Waals surface area contributed by atoms with Crippen LogP contribution in [-0.4, -0.2) is 23.8 Å². The number of carbonyl (C=O) groups excluding carboxylic acids is 1. The van der Waals surface area contributed by atoms with Crippen LogP contribution in [0.15, 0.2) is 24.4 Å². The van der Waals surface area contributed by atoms with Gasteiger partial charge in [-0.1, -0.05) is 12.2 Å². The summed E-state index contributed by atoms with van der Waals surface area (Å²) in [5, 5.41) is 0. The summed E-state index contributed by atoms with van der Waals surface area (Å²) < 4.78 is 0. The van der Waals surface area contributed by atoms with Crippen molar-refractivity contribution in [1.82, 2.24) is 4.90 Å². The van der Waals surface area contributed by atoms with Gasteiger partial charge in [0.1, 0.15) is 5.78 Å². The average Bonchev–Trinajstić information content (AvgIpc) is 1.88. The lowest BCUT2D eigenvalue weighted by Gasteiger charge is -2.17. The number of ketones is 1. The zero-order chi connectivity index (χ0) is 7.40. The second-order valence-corrected chi connectivity index (χ2v) is 2.40. The summed E-state index contributed by atoms with van der Waals surface area (Å²) in [4.78, 5) is 12.6. The molecule has 1 rings (SSSR count). The van der Waals surface area contributed by atoms with Crippen molar-refractivity contribution in [3.8, 4) is 0 Å². The molecule has 62 valence electrons. The van der Waals surface area contributed by atoms with Crippen molar-refractivity contribution in [3.05, 3.63) is 24.4 Å². The summed E-state index contributed by atoms with van der Waals surface area (Å²) >= 11 is 0. The molecule has 1 heterocycles. The molecule has 0 N–H and O–H groups in total. The van der Waals surface area contributed by atoms with Gasteiger partial charge in [0.25, 0.3) is 0 Å². The summed E-state index contributed by atoms with van der Waals surface area (Å²) in [6, 6.07) is 0. The fourth-order valence-electron chi connectivity index (χ4n) is 0.910. The van der Waals surface area contributed by atoms with Crippen LogP contribution in [0.3, 0.4) is 0 Å². The van der Waals surface area contributed by atoms with Gasteiger partial charge in [-0.15, -0.1) is 12.4 Å². The predicted molar refractivity (Wildman–Crippen MR) is 47.8 cm³/mol. The minimum atomic E-state index is 0. The van der Waals surface area contributed by atoms with Gasteiger partial charge in [-0.2, -0.15) is 0 Å². The number of hydrogen-bond donors (Lipinski definition) is 0. The van der Waals surface area contributed by atoms with E-state index in [1.807, 2.05) is 29.3 Å².